The maximum Gasteiger partial charge on any atom is 0.0439 e. The van der Waals surface area contributed by atoms with Gasteiger partial charge in [-0.25, -0.2) is 0 Å². The fraction of sp³-hybridized carbons (Fsp3) is 0.500. The molecule has 1 saturated heterocycles. The van der Waals surface area contributed by atoms with E-state index in [1.807, 2.05) is 41.7 Å². The van der Waals surface area contributed by atoms with Crippen LogP contribution in [0.25, 0.3) is 0 Å². The third-order valence-corrected chi connectivity index (χ3v) is 6.33. The summed E-state index contributed by atoms with van der Waals surface area (Å²) in [4.78, 5) is 0. The minimum Gasteiger partial charge on any atom is -0.326 e. The van der Waals surface area contributed by atoms with Crippen LogP contribution in [-0.2, 0) is 6.42 Å². The van der Waals surface area contributed by atoms with Gasteiger partial charge >= 0.3 is 0 Å². The van der Waals surface area contributed by atoms with E-state index in [1.54, 1.807) is 0 Å². The van der Waals surface area contributed by atoms with E-state index >= 15 is 0 Å². The molecule has 1 heterocycles. The van der Waals surface area contributed by atoms with Crippen molar-refractivity contribution in [3.63, 3.8) is 0 Å². The van der Waals surface area contributed by atoms with Gasteiger partial charge in [-0.1, -0.05) is 23.2 Å². The first-order chi connectivity index (χ1) is 8.16. The Morgan fingerprint density at radius 2 is 2.18 bits per heavy atom. The van der Waals surface area contributed by atoms with Gasteiger partial charge < -0.3 is 5.73 Å². The van der Waals surface area contributed by atoms with Crippen LogP contribution in [0.15, 0.2) is 18.2 Å². The van der Waals surface area contributed by atoms with Gasteiger partial charge in [0, 0.05) is 38.6 Å². The molecule has 1 nitrogen and oxygen atoms in total. The quantitative estimate of drug-likeness (QED) is 0.922. The number of thioether (sulfide) groups is 2. The van der Waals surface area contributed by atoms with Gasteiger partial charge in [0.05, 0.1) is 0 Å². The van der Waals surface area contributed by atoms with E-state index in [4.69, 9.17) is 28.9 Å². The summed E-state index contributed by atoms with van der Waals surface area (Å²) in [5.41, 5.74) is 7.32. The largest absolute Gasteiger partial charge is 0.326 e. The number of benzene rings is 1. The number of nitrogens with two attached hydrogens (primary N) is 1. The second-order valence-electron chi connectivity index (χ2n) is 4.09. The molecule has 0 saturated carbocycles. The average Bonchev–Trinajstić information content (AvgIpc) is 2.35. The van der Waals surface area contributed by atoms with Crippen molar-refractivity contribution in [2.75, 3.05) is 17.3 Å². The lowest BCUT2D eigenvalue weighted by molar-refractivity contribution is 0.664. The van der Waals surface area contributed by atoms with Crippen molar-refractivity contribution < 1.29 is 0 Å². The highest BCUT2D eigenvalue weighted by Gasteiger charge is 2.22. The minimum absolute atomic E-state index is 0.156. The van der Waals surface area contributed by atoms with E-state index in [0.717, 1.165) is 27.8 Å². The van der Waals surface area contributed by atoms with Crippen molar-refractivity contribution in [1.29, 1.82) is 0 Å². The van der Waals surface area contributed by atoms with E-state index in [9.17, 15) is 0 Å². The van der Waals surface area contributed by atoms with E-state index < -0.39 is 0 Å². The summed E-state index contributed by atoms with van der Waals surface area (Å²) in [6, 6.07) is 5.73. The molecule has 0 bridgehead atoms. The van der Waals surface area contributed by atoms with Gasteiger partial charge in [-0.3, -0.25) is 0 Å². The molecule has 0 radical (unpaired) electrons. The summed E-state index contributed by atoms with van der Waals surface area (Å²) in [6.07, 6.45) is 0.803. The van der Waals surface area contributed by atoms with Crippen molar-refractivity contribution in [2.24, 2.45) is 5.73 Å². The molecule has 1 aliphatic rings. The van der Waals surface area contributed by atoms with Crippen LogP contribution in [0.1, 0.15) is 5.56 Å². The third kappa shape index (κ3) is 3.97. The van der Waals surface area contributed by atoms with Crippen molar-refractivity contribution in [2.45, 2.75) is 17.7 Å². The fourth-order valence-electron chi connectivity index (χ4n) is 1.84. The molecule has 17 heavy (non-hydrogen) atoms. The molecule has 2 N–H and O–H groups in total. The molecule has 0 amide bonds. The van der Waals surface area contributed by atoms with Crippen LogP contribution in [0, 0.1) is 0 Å². The average molecular weight is 308 g/mol. The fourth-order valence-corrected chi connectivity index (χ4v) is 5.05. The zero-order valence-electron chi connectivity index (χ0n) is 9.36. The summed E-state index contributed by atoms with van der Waals surface area (Å²) >= 11 is 16.1. The normalized spacial score (nSPS) is 22.4. The number of hydrogen-bond donors (Lipinski definition) is 1. The van der Waals surface area contributed by atoms with Crippen LogP contribution in [0.3, 0.4) is 0 Å². The molecule has 1 aromatic carbocycles. The minimum atomic E-state index is 0.156. The lowest BCUT2D eigenvalue weighted by Gasteiger charge is -2.27. The van der Waals surface area contributed by atoms with Crippen LogP contribution >= 0.6 is 46.7 Å². The Balaban J connectivity index is 2.01. The van der Waals surface area contributed by atoms with Gasteiger partial charge in [0.25, 0.3) is 0 Å². The van der Waals surface area contributed by atoms with Gasteiger partial charge in [-0.05, 0) is 30.2 Å². The summed E-state index contributed by atoms with van der Waals surface area (Å²) in [7, 11) is 0. The summed E-state index contributed by atoms with van der Waals surface area (Å²) in [5, 5.41) is 2.02. The van der Waals surface area contributed by atoms with Gasteiger partial charge in [-0.2, -0.15) is 23.5 Å². The molecule has 2 unspecified atom stereocenters. The van der Waals surface area contributed by atoms with Crippen LogP contribution in [0.2, 0.25) is 10.0 Å². The number of halogens is 2. The number of hydrogen-bond acceptors (Lipinski definition) is 3. The summed E-state index contributed by atoms with van der Waals surface area (Å²) in [6.45, 7) is 0. The summed E-state index contributed by atoms with van der Waals surface area (Å²) in [5.74, 6) is 3.59. The molecule has 0 spiro atoms. The maximum absolute atomic E-state index is 6.26. The molecule has 1 aliphatic heterocycles. The molecule has 0 aromatic heterocycles. The molecular formula is C12H15Cl2NS2. The van der Waals surface area contributed by atoms with Gasteiger partial charge in [-0.15, -0.1) is 0 Å². The second-order valence-corrected chi connectivity index (χ2v) is 7.43. The first-order valence-electron chi connectivity index (χ1n) is 5.55. The Morgan fingerprint density at radius 1 is 1.35 bits per heavy atom. The molecule has 1 fully saturated rings. The van der Waals surface area contributed by atoms with E-state index in [0.29, 0.717) is 5.25 Å². The third-order valence-electron chi connectivity index (χ3n) is 2.78. The van der Waals surface area contributed by atoms with E-state index in [-0.39, 0.29) is 6.04 Å². The lowest BCUT2D eigenvalue weighted by atomic mass is 10.0. The molecule has 2 rings (SSSR count). The molecular weight excluding hydrogens is 293 g/mol. The molecule has 94 valence electrons. The van der Waals surface area contributed by atoms with Crippen molar-refractivity contribution in [1.82, 2.24) is 0 Å². The molecule has 1 aromatic rings. The van der Waals surface area contributed by atoms with Crippen LogP contribution < -0.4 is 5.73 Å². The standard InChI is InChI=1S/C12H15Cl2NS2/c13-9-1-2-10(14)8(5-9)6-11(15)12-7-16-3-4-17-12/h1-2,5,11-12H,3-4,6-7,15H2. The van der Waals surface area contributed by atoms with Crippen LogP contribution in [-0.4, -0.2) is 28.6 Å². The summed E-state index contributed by atoms with van der Waals surface area (Å²) < 4.78 is 0. The number of rotatable bonds is 3. The van der Waals surface area contributed by atoms with Gasteiger partial charge in [0.2, 0.25) is 0 Å². The monoisotopic (exact) mass is 307 g/mol. The van der Waals surface area contributed by atoms with Gasteiger partial charge in [0.1, 0.15) is 0 Å². The first-order valence-corrected chi connectivity index (χ1v) is 8.51. The predicted octanol–water partition coefficient (Wildman–Crippen LogP) is 3.71. The highest BCUT2D eigenvalue weighted by atomic mass is 35.5. The Labute approximate surface area is 121 Å². The second kappa shape index (κ2) is 6.58. The SMILES string of the molecule is NC(Cc1cc(Cl)ccc1Cl)C1CSCCS1. The maximum atomic E-state index is 6.26. The Bertz CT molecular complexity index is 381. The van der Waals surface area contributed by atoms with Gasteiger partial charge in [0.15, 0.2) is 0 Å². The zero-order chi connectivity index (χ0) is 12.3. The van der Waals surface area contributed by atoms with Crippen LogP contribution in [0.4, 0.5) is 0 Å². The first kappa shape index (κ1) is 13.9. The van der Waals surface area contributed by atoms with E-state index in [1.165, 1.54) is 11.5 Å². The Kier molecular flexibility index (Phi) is 5.37. The highest BCUT2D eigenvalue weighted by Crippen LogP contribution is 2.29. The lowest BCUT2D eigenvalue weighted by Crippen LogP contribution is -2.38. The Morgan fingerprint density at radius 3 is 2.88 bits per heavy atom. The Hall–Kier alpha value is 0.460. The molecule has 2 atom stereocenters. The molecule has 5 heteroatoms. The smallest absolute Gasteiger partial charge is 0.0439 e. The molecule has 0 aliphatic carbocycles. The predicted molar refractivity (Wildman–Crippen MR) is 81.7 cm³/mol. The van der Waals surface area contributed by atoms with Crippen LogP contribution in [0.5, 0.6) is 0 Å². The van der Waals surface area contributed by atoms with Crippen molar-refractivity contribution >= 4 is 46.7 Å². The van der Waals surface area contributed by atoms with Crippen molar-refractivity contribution in [3.8, 4) is 0 Å². The highest BCUT2D eigenvalue weighted by molar-refractivity contribution is 8.06. The topological polar surface area (TPSA) is 26.0 Å². The van der Waals surface area contributed by atoms with Crippen molar-refractivity contribution in [3.05, 3.63) is 33.8 Å². The zero-order valence-corrected chi connectivity index (χ0v) is 12.5. The van der Waals surface area contributed by atoms with E-state index in [2.05, 4.69) is 0 Å².